The van der Waals surface area contributed by atoms with Crippen molar-refractivity contribution in [3.63, 3.8) is 0 Å². The van der Waals surface area contributed by atoms with Crippen LogP contribution >= 0.6 is 0 Å². The van der Waals surface area contributed by atoms with Crippen molar-refractivity contribution < 1.29 is 14.3 Å². The Morgan fingerprint density at radius 3 is 2.53 bits per heavy atom. The smallest absolute Gasteiger partial charge is 0.260 e. The number of nitrogens with one attached hydrogen (secondary N) is 1. The number of aromatic nitrogens is 2. The third-order valence-electron chi connectivity index (χ3n) is 5.52. The number of hydrogen-bond acceptors (Lipinski definition) is 5. The van der Waals surface area contributed by atoms with Gasteiger partial charge in [-0.2, -0.15) is 0 Å². The summed E-state index contributed by atoms with van der Waals surface area (Å²) in [6, 6.07) is 18.6. The zero-order valence-corrected chi connectivity index (χ0v) is 18.0. The van der Waals surface area contributed by atoms with Crippen LogP contribution < -0.4 is 10.1 Å². The molecule has 2 aromatic carbocycles. The molecule has 1 unspecified atom stereocenters. The van der Waals surface area contributed by atoms with Gasteiger partial charge in [0.25, 0.3) is 11.8 Å². The highest BCUT2D eigenvalue weighted by molar-refractivity contribution is 6.04. The summed E-state index contributed by atoms with van der Waals surface area (Å²) in [4.78, 5) is 36.1. The number of amides is 2. The van der Waals surface area contributed by atoms with E-state index >= 15 is 0 Å². The Labute approximate surface area is 187 Å². The lowest BCUT2D eigenvalue weighted by atomic mass is 9.97. The average Bonchev–Trinajstić information content (AvgIpc) is 2.83. The summed E-state index contributed by atoms with van der Waals surface area (Å²) in [6.07, 6.45) is 3.36. The van der Waals surface area contributed by atoms with E-state index < -0.39 is 0 Å². The predicted molar refractivity (Wildman–Crippen MR) is 122 cm³/mol. The largest absolute Gasteiger partial charge is 0.484 e. The maximum absolute atomic E-state index is 12.6. The van der Waals surface area contributed by atoms with Crippen LogP contribution in [0.5, 0.6) is 5.75 Å². The van der Waals surface area contributed by atoms with Crippen LogP contribution in [0.2, 0.25) is 0 Å². The van der Waals surface area contributed by atoms with Gasteiger partial charge in [0.05, 0.1) is 11.3 Å². The molecule has 3 aromatic rings. The van der Waals surface area contributed by atoms with E-state index in [0.29, 0.717) is 35.9 Å². The topological polar surface area (TPSA) is 84.4 Å². The highest BCUT2D eigenvalue weighted by Gasteiger charge is 2.27. The number of hydrogen-bond donors (Lipinski definition) is 1. The van der Waals surface area contributed by atoms with Gasteiger partial charge in [0.15, 0.2) is 6.61 Å². The zero-order chi connectivity index (χ0) is 22.3. The standard InChI is InChI=1S/C25H26N4O3/c1-18-22(25(31)28-20-10-4-2-5-11-20)15-26-24(27-18)19-9-8-14-29(16-19)23(30)17-32-21-12-6-3-7-13-21/h2-7,10-13,15,19H,8-9,14,16-17H2,1H3,(H,28,31). The van der Waals surface area contributed by atoms with Crippen molar-refractivity contribution in [2.24, 2.45) is 0 Å². The number of carbonyl (C=O) groups is 2. The summed E-state index contributed by atoms with van der Waals surface area (Å²) >= 11 is 0. The fourth-order valence-electron chi connectivity index (χ4n) is 3.79. The number of piperidine rings is 1. The normalized spacial score (nSPS) is 15.8. The van der Waals surface area contributed by atoms with E-state index in [1.807, 2.05) is 72.5 Å². The highest BCUT2D eigenvalue weighted by Crippen LogP contribution is 2.25. The molecule has 0 spiro atoms. The molecule has 2 amide bonds. The molecule has 1 saturated heterocycles. The molecule has 0 radical (unpaired) electrons. The maximum atomic E-state index is 12.6. The number of nitrogens with zero attached hydrogens (tertiary/aromatic N) is 3. The van der Waals surface area contributed by atoms with Crippen LogP contribution in [0.15, 0.2) is 66.9 Å². The lowest BCUT2D eigenvalue weighted by Crippen LogP contribution is -2.42. The SMILES string of the molecule is Cc1nc(C2CCCN(C(=O)COc3ccccc3)C2)ncc1C(=O)Nc1ccccc1. The van der Waals surface area contributed by atoms with Crippen molar-refractivity contribution in [1.29, 1.82) is 0 Å². The van der Waals surface area contributed by atoms with Crippen LogP contribution in [-0.2, 0) is 4.79 Å². The van der Waals surface area contributed by atoms with Crippen LogP contribution in [0.25, 0.3) is 0 Å². The minimum Gasteiger partial charge on any atom is -0.484 e. The Morgan fingerprint density at radius 1 is 1.09 bits per heavy atom. The first kappa shape index (κ1) is 21.5. The van der Waals surface area contributed by atoms with Crippen LogP contribution in [0.3, 0.4) is 0 Å². The van der Waals surface area contributed by atoms with Crippen molar-refractivity contribution in [3.05, 3.63) is 83.9 Å². The molecule has 0 aliphatic carbocycles. The Morgan fingerprint density at radius 2 is 1.81 bits per heavy atom. The molecule has 7 heteroatoms. The van der Waals surface area contributed by atoms with E-state index in [-0.39, 0.29) is 24.3 Å². The molecule has 4 rings (SSSR count). The first-order valence-electron chi connectivity index (χ1n) is 10.8. The lowest BCUT2D eigenvalue weighted by molar-refractivity contribution is -0.134. The maximum Gasteiger partial charge on any atom is 0.260 e. The van der Waals surface area contributed by atoms with Crippen LogP contribution in [0.4, 0.5) is 5.69 Å². The Balaban J connectivity index is 1.38. The van der Waals surface area contributed by atoms with E-state index in [1.54, 1.807) is 6.20 Å². The number of carbonyl (C=O) groups excluding carboxylic acids is 2. The molecule has 2 heterocycles. The van der Waals surface area contributed by atoms with E-state index in [4.69, 9.17) is 4.74 Å². The van der Waals surface area contributed by atoms with Crippen molar-refractivity contribution in [3.8, 4) is 5.75 Å². The van der Waals surface area contributed by atoms with Gasteiger partial charge in [-0.1, -0.05) is 36.4 Å². The summed E-state index contributed by atoms with van der Waals surface area (Å²) < 4.78 is 5.61. The van der Waals surface area contributed by atoms with Crippen LogP contribution in [0.1, 0.15) is 40.6 Å². The summed E-state index contributed by atoms with van der Waals surface area (Å²) in [6.45, 7) is 3.07. The monoisotopic (exact) mass is 430 g/mol. The molecule has 1 atom stereocenters. The number of aryl methyl sites for hydroxylation is 1. The Kier molecular flexibility index (Phi) is 6.75. The second-order valence-corrected chi connectivity index (χ2v) is 7.83. The molecule has 1 fully saturated rings. The molecule has 0 saturated carbocycles. The summed E-state index contributed by atoms with van der Waals surface area (Å²) in [5, 5.41) is 2.86. The van der Waals surface area contributed by atoms with Crippen molar-refractivity contribution in [1.82, 2.24) is 14.9 Å². The third kappa shape index (κ3) is 5.29. The van der Waals surface area contributed by atoms with E-state index in [1.165, 1.54) is 0 Å². The van der Waals surface area contributed by atoms with Gasteiger partial charge in [0, 0.05) is 30.9 Å². The number of para-hydroxylation sites is 2. The molecular weight excluding hydrogens is 404 g/mol. The fraction of sp³-hybridized carbons (Fsp3) is 0.280. The predicted octanol–water partition coefficient (Wildman–Crippen LogP) is 3.82. The van der Waals surface area contributed by atoms with E-state index in [0.717, 1.165) is 18.5 Å². The molecule has 32 heavy (non-hydrogen) atoms. The van der Waals surface area contributed by atoms with Gasteiger partial charge in [-0.05, 0) is 44.0 Å². The number of benzene rings is 2. The number of rotatable bonds is 6. The zero-order valence-electron chi connectivity index (χ0n) is 18.0. The number of anilines is 1. The average molecular weight is 431 g/mol. The molecule has 1 aliphatic heterocycles. The fourth-order valence-corrected chi connectivity index (χ4v) is 3.79. The molecule has 1 aromatic heterocycles. The molecule has 0 bridgehead atoms. The van der Waals surface area contributed by atoms with Gasteiger partial charge in [-0.3, -0.25) is 9.59 Å². The second-order valence-electron chi connectivity index (χ2n) is 7.83. The molecular formula is C25H26N4O3. The summed E-state index contributed by atoms with van der Waals surface area (Å²) in [5.74, 6) is 1.10. The summed E-state index contributed by atoms with van der Waals surface area (Å²) in [5.41, 5.74) is 1.79. The van der Waals surface area contributed by atoms with Gasteiger partial charge in [0.2, 0.25) is 0 Å². The van der Waals surface area contributed by atoms with Crippen LogP contribution in [0, 0.1) is 6.92 Å². The molecule has 7 nitrogen and oxygen atoms in total. The van der Waals surface area contributed by atoms with Crippen molar-refractivity contribution in [2.45, 2.75) is 25.7 Å². The van der Waals surface area contributed by atoms with Crippen LogP contribution in [-0.4, -0.2) is 46.4 Å². The van der Waals surface area contributed by atoms with E-state index in [9.17, 15) is 9.59 Å². The molecule has 1 aliphatic rings. The minimum absolute atomic E-state index is 0.00914. The van der Waals surface area contributed by atoms with E-state index in [2.05, 4.69) is 15.3 Å². The lowest BCUT2D eigenvalue weighted by Gasteiger charge is -2.32. The van der Waals surface area contributed by atoms with Gasteiger partial charge < -0.3 is 15.0 Å². The van der Waals surface area contributed by atoms with Crippen molar-refractivity contribution >= 4 is 17.5 Å². The molecule has 1 N–H and O–H groups in total. The highest BCUT2D eigenvalue weighted by atomic mass is 16.5. The van der Waals surface area contributed by atoms with Gasteiger partial charge in [0.1, 0.15) is 11.6 Å². The van der Waals surface area contributed by atoms with Gasteiger partial charge >= 0.3 is 0 Å². The number of likely N-dealkylation sites (tertiary alicyclic amines) is 1. The third-order valence-corrected chi connectivity index (χ3v) is 5.52. The first-order valence-corrected chi connectivity index (χ1v) is 10.8. The first-order chi connectivity index (χ1) is 15.6. The second kappa shape index (κ2) is 10.0. The Bertz CT molecular complexity index is 1070. The minimum atomic E-state index is -0.237. The molecule has 164 valence electrons. The summed E-state index contributed by atoms with van der Waals surface area (Å²) in [7, 11) is 0. The number of ether oxygens (including phenoxy) is 1. The quantitative estimate of drug-likeness (QED) is 0.643. The van der Waals surface area contributed by atoms with Gasteiger partial charge in [-0.25, -0.2) is 9.97 Å². The Hall–Kier alpha value is -3.74. The van der Waals surface area contributed by atoms with Crippen molar-refractivity contribution in [2.75, 3.05) is 25.0 Å². The van der Waals surface area contributed by atoms with Gasteiger partial charge in [-0.15, -0.1) is 0 Å².